The van der Waals surface area contributed by atoms with Crippen LogP contribution in [0.2, 0.25) is 0 Å². The molecule has 1 aromatic heterocycles. The first-order valence-electron chi connectivity index (χ1n) is 9.87. The summed E-state index contributed by atoms with van der Waals surface area (Å²) >= 11 is 1.12. The zero-order chi connectivity index (χ0) is 24.3. The van der Waals surface area contributed by atoms with Crippen LogP contribution in [0.5, 0.6) is 11.5 Å². The lowest BCUT2D eigenvalue weighted by Crippen LogP contribution is -2.18. The van der Waals surface area contributed by atoms with E-state index in [0.717, 1.165) is 23.9 Å². The number of aromatic nitrogens is 3. The van der Waals surface area contributed by atoms with Crippen LogP contribution >= 0.6 is 11.8 Å². The smallest absolute Gasteiger partial charge is 0.416 e. The van der Waals surface area contributed by atoms with Crippen LogP contribution in [0.3, 0.4) is 0 Å². The first-order chi connectivity index (χ1) is 16.2. The summed E-state index contributed by atoms with van der Waals surface area (Å²) in [6.45, 7) is 0.134. The van der Waals surface area contributed by atoms with Crippen molar-refractivity contribution in [2.45, 2.75) is 17.8 Å². The molecule has 4 rings (SSSR count). The third-order valence-electron chi connectivity index (χ3n) is 4.71. The van der Waals surface area contributed by atoms with Crippen molar-refractivity contribution in [1.82, 2.24) is 14.8 Å². The van der Waals surface area contributed by atoms with Crippen LogP contribution in [0.25, 0.3) is 0 Å². The van der Waals surface area contributed by atoms with Gasteiger partial charge < -0.3 is 24.7 Å². The molecule has 0 atom stereocenters. The van der Waals surface area contributed by atoms with Gasteiger partial charge in [-0.2, -0.15) is 13.2 Å². The number of hydrogen-bond donors (Lipinski definition) is 2. The fourth-order valence-electron chi connectivity index (χ4n) is 3.05. The minimum atomic E-state index is -4.51. The Bertz CT molecular complexity index is 1230. The molecule has 0 radical (unpaired) electrons. The molecule has 2 aromatic carbocycles. The average Bonchev–Trinajstić information content (AvgIpc) is 3.38. The summed E-state index contributed by atoms with van der Waals surface area (Å²) < 4.78 is 50.6. The summed E-state index contributed by atoms with van der Waals surface area (Å²) in [6, 6.07) is 9.41. The summed E-state index contributed by atoms with van der Waals surface area (Å²) in [6.07, 6.45) is -4.71. The molecule has 13 heteroatoms. The Morgan fingerprint density at radius 2 is 1.76 bits per heavy atom. The topological polar surface area (TPSA) is 107 Å². The van der Waals surface area contributed by atoms with E-state index >= 15 is 0 Å². The van der Waals surface area contributed by atoms with Gasteiger partial charge in [0.05, 0.1) is 17.7 Å². The highest BCUT2D eigenvalue weighted by Crippen LogP contribution is 2.34. The number of fused-ring (bicyclic) bond motifs is 1. The number of carbonyl (C=O) groups is 2. The van der Waals surface area contributed by atoms with Crippen LogP contribution in [0.1, 0.15) is 11.4 Å². The summed E-state index contributed by atoms with van der Waals surface area (Å²) in [7, 11) is 1.63. The minimum Gasteiger partial charge on any atom is -0.454 e. The second-order valence-corrected chi connectivity index (χ2v) is 8.11. The average molecular weight is 493 g/mol. The second kappa shape index (κ2) is 9.63. The molecule has 0 bridgehead atoms. The quantitative estimate of drug-likeness (QED) is 0.486. The monoisotopic (exact) mass is 493 g/mol. The molecule has 0 aliphatic carbocycles. The van der Waals surface area contributed by atoms with Gasteiger partial charge in [0.15, 0.2) is 16.7 Å². The van der Waals surface area contributed by atoms with Gasteiger partial charge in [0, 0.05) is 24.5 Å². The lowest BCUT2D eigenvalue weighted by molar-refractivity contribution is -0.137. The molecule has 9 nitrogen and oxygen atoms in total. The van der Waals surface area contributed by atoms with Crippen LogP contribution in [0, 0.1) is 0 Å². The fraction of sp³-hybridized carbons (Fsp3) is 0.238. The van der Waals surface area contributed by atoms with Gasteiger partial charge in [0.25, 0.3) is 0 Å². The number of nitrogens with zero attached hydrogens (tertiary/aromatic N) is 3. The lowest BCUT2D eigenvalue weighted by Gasteiger charge is -2.10. The van der Waals surface area contributed by atoms with Crippen LogP contribution in [-0.4, -0.2) is 39.1 Å². The van der Waals surface area contributed by atoms with Crippen molar-refractivity contribution in [1.29, 1.82) is 0 Å². The van der Waals surface area contributed by atoms with Crippen molar-refractivity contribution in [2.75, 3.05) is 23.2 Å². The number of anilines is 2. The van der Waals surface area contributed by atoms with E-state index in [9.17, 15) is 22.8 Å². The molecule has 0 spiro atoms. The van der Waals surface area contributed by atoms with Gasteiger partial charge in [-0.3, -0.25) is 9.59 Å². The van der Waals surface area contributed by atoms with Crippen molar-refractivity contribution in [3.8, 4) is 11.5 Å². The zero-order valence-corrected chi connectivity index (χ0v) is 18.5. The number of hydrogen-bond acceptors (Lipinski definition) is 7. The van der Waals surface area contributed by atoms with Crippen molar-refractivity contribution in [3.05, 3.63) is 53.9 Å². The van der Waals surface area contributed by atoms with E-state index in [1.807, 2.05) is 0 Å². The van der Waals surface area contributed by atoms with Crippen molar-refractivity contribution >= 4 is 35.0 Å². The fourth-order valence-corrected chi connectivity index (χ4v) is 3.78. The van der Waals surface area contributed by atoms with Gasteiger partial charge >= 0.3 is 6.18 Å². The number of carbonyl (C=O) groups excluding carboxylic acids is 2. The van der Waals surface area contributed by atoms with Gasteiger partial charge in [-0.1, -0.05) is 17.8 Å². The van der Waals surface area contributed by atoms with Gasteiger partial charge in [0.1, 0.15) is 5.82 Å². The normalized spacial score (nSPS) is 12.5. The maximum absolute atomic E-state index is 12.8. The number of alkyl halides is 3. The molecule has 2 amide bonds. The Labute approximate surface area is 195 Å². The van der Waals surface area contributed by atoms with Crippen LogP contribution in [-0.2, 0) is 29.2 Å². The third-order valence-corrected chi connectivity index (χ3v) is 5.73. The number of amides is 2. The number of nitrogens with one attached hydrogen (secondary N) is 2. The zero-order valence-electron chi connectivity index (χ0n) is 17.7. The van der Waals surface area contributed by atoms with E-state index < -0.39 is 17.6 Å². The first kappa shape index (κ1) is 23.4. The van der Waals surface area contributed by atoms with E-state index in [2.05, 4.69) is 20.8 Å². The Hall–Kier alpha value is -3.74. The number of rotatable bonds is 7. The Kier molecular flexibility index (Phi) is 6.63. The molecule has 0 saturated carbocycles. The summed E-state index contributed by atoms with van der Waals surface area (Å²) in [5.41, 5.74) is -0.279. The number of benzene rings is 2. The Morgan fingerprint density at radius 1 is 1.03 bits per heavy atom. The van der Waals surface area contributed by atoms with Crippen LogP contribution in [0.15, 0.2) is 47.6 Å². The highest BCUT2D eigenvalue weighted by Gasteiger charge is 2.30. The van der Waals surface area contributed by atoms with E-state index in [-0.39, 0.29) is 30.6 Å². The van der Waals surface area contributed by atoms with Crippen LogP contribution < -0.4 is 20.1 Å². The van der Waals surface area contributed by atoms with Crippen molar-refractivity contribution in [2.24, 2.45) is 7.05 Å². The summed E-state index contributed by atoms with van der Waals surface area (Å²) in [4.78, 5) is 24.6. The molecule has 1 aliphatic rings. The number of ether oxygens (including phenoxy) is 2. The maximum atomic E-state index is 12.8. The molecule has 2 N–H and O–H groups in total. The Morgan fingerprint density at radius 3 is 2.56 bits per heavy atom. The molecule has 0 unspecified atom stereocenters. The van der Waals surface area contributed by atoms with E-state index in [1.54, 1.807) is 29.8 Å². The molecule has 1 aliphatic heterocycles. The van der Waals surface area contributed by atoms with Gasteiger partial charge in [0.2, 0.25) is 18.6 Å². The molecule has 3 aromatic rings. The van der Waals surface area contributed by atoms with E-state index in [1.165, 1.54) is 12.1 Å². The maximum Gasteiger partial charge on any atom is 0.416 e. The molecule has 2 heterocycles. The SMILES string of the molecule is Cn1c(CC(=O)Nc2cccc(C(F)(F)F)c2)nnc1SCC(=O)Nc1ccc2c(c1)OCO2. The predicted molar refractivity (Wildman–Crippen MR) is 117 cm³/mol. The number of thioether (sulfide) groups is 1. The van der Waals surface area contributed by atoms with Gasteiger partial charge in [-0.05, 0) is 30.3 Å². The van der Waals surface area contributed by atoms with Gasteiger partial charge in [-0.15, -0.1) is 10.2 Å². The predicted octanol–water partition coefficient (Wildman–Crippen LogP) is 3.47. The first-order valence-corrected chi connectivity index (χ1v) is 10.9. The molecular formula is C21H18F3N5O4S. The largest absolute Gasteiger partial charge is 0.454 e. The minimum absolute atomic E-state index is 0.0248. The molecule has 34 heavy (non-hydrogen) atoms. The van der Waals surface area contributed by atoms with Crippen LogP contribution in [0.4, 0.5) is 24.5 Å². The Balaban J connectivity index is 1.30. The van der Waals surface area contributed by atoms with E-state index in [4.69, 9.17) is 9.47 Å². The molecule has 0 fully saturated rings. The third kappa shape index (κ3) is 5.60. The molecule has 0 saturated heterocycles. The summed E-state index contributed by atoms with van der Waals surface area (Å²) in [5, 5.41) is 13.5. The highest BCUT2D eigenvalue weighted by atomic mass is 32.2. The standard InChI is InChI=1S/C21H18F3N5O4S/c1-29-17(9-18(30)25-13-4-2-3-12(7-13)21(22,23)24)27-28-20(29)34-10-19(31)26-14-5-6-15-16(8-14)33-11-32-15/h2-8H,9-11H2,1H3,(H,25,30)(H,26,31). The second-order valence-electron chi connectivity index (χ2n) is 7.17. The number of halogens is 3. The van der Waals surface area contributed by atoms with Crippen molar-refractivity contribution < 1.29 is 32.2 Å². The lowest BCUT2D eigenvalue weighted by atomic mass is 10.2. The summed E-state index contributed by atoms with van der Waals surface area (Å²) in [5.74, 6) is 0.658. The van der Waals surface area contributed by atoms with E-state index in [0.29, 0.717) is 28.2 Å². The molecule has 178 valence electrons. The highest BCUT2D eigenvalue weighted by molar-refractivity contribution is 7.99. The van der Waals surface area contributed by atoms with Gasteiger partial charge in [-0.25, -0.2) is 0 Å². The molecular weight excluding hydrogens is 475 g/mol. The van der Waals surface area contributed by atoms with Crippen molar-refractivity contribution in [3.63, 3.8) is 0 Å².